The molecule has 0 aliphatic heterocycles. The smallest absolute Gasteiger partial charge is 0.330 e. The Bertz CT molecular complexity index is 814. The zero-order chi connectivity index (χ0) is 32.4. The first-order chi connectivity index (χ1) is 18.2. The van der Waals surface area contributed by atoms with Crippen LogP contribution in [-0.2, 0) is 34.2 Å². The van der Waals surface area contributed by atoms with Crippen molar-refractivity contribution in [1.82, 2.24) is 0 Å². The fourth-order valence-corrected chi connectivity index (χ4v) is 38.7. The van der Waals surface area contributed by atoms with Crippen molar-refractivity contribution in [3.05, 3.63) is 12.7 Å². The first-order valence-corrected chi connectivity index (χ1v) is 35.0. The summed E-state index contributed by atoms with van der Waals surface area (Å²) in [7, 11) is -17.4. The van der Waals surface area contributed by atoms with E-state index in [1.807, 2.05) is 39.3 Å². The molecule has 0 aliphatic rings. The number of carbonyl (C=O) groups is 1. The molecule has 0 bridgehead atoms. The van der Waals surface area contributed by atoms with E-state index >= 15 is 0 Å². The lowest BCUT2D eigenvalue weighted by Gasteiger charge is -2.43. The summed E-state index contributed by atoms with van der Waals surface area (Å²) >= 11 is 0. The van der Waals surface area contributed by atoms with Crippen LogP contribution in [0.1, 0.15) is 38.5 Å². The number of esters is 1. The van der Waals surface area contributed by atoms with Crippen LogP contribution < -0.4 is 0 Å². The van der Waals surface area contributed by atoms with E-state index in [1.54, 1.807) is 13.1 Å². The molecule has 16 heteroatoms. The third kappa shape index (κ3) is 22.6. The van der Waals surface area contributed by atoms with Gasteiger partial charge in [0, 0.05) is 6.08 Å². The van der Waals surface area contributed by atoms with Gasteiger partial charge in [0.2, 0.25) is 0 Å². The lowest BCUT2D eigenvalue weighted by molar-refractivity contribution is -0.137. The highest BCUT2D eigenvalue weighted by atomic mass is 28.5. The van der Waals surface area contributed by atoms with Gasteiger partial charge in [-0.2, -0.15) is 0 Å². The summed E-state index contributed by atoms with van der Waals surface area (Å²) in [6.07, 6.45) is 7.84. The topological polar surface area (TPSA) is 102 Å². The molecule has 0 aromatic rings. The molecule has 0 rings (SSSR count). The van der Waals surface area contributed by atoms with Crippen molar-refractivity contribution >= 4 is 65.7 Å². The molecule has 244 valence electrons. The van der Waals surface area contributed by atoms with Crippen LogP contribution >= 0.6 is 0 Å². The molecule has 0 aliphatic carbocycles. The molecular formula is C25H62O9Si7. The second-order valence-corrected chi connectivity index (χ2v) is 39.9. The molecule has 0 aromatic carbocycles. The van der Waals surface area contributed by atoms with E-state index < -0.39 is 59.7 Å². The van der Waals surface area contributed by atoms with Crippen molar-refractivity contribution in [1.29, 1.82) is 0 Å². The molecule has 0 fully saturated rings. The van der Waals surface area contributed by atoms with Gasteiger partial charge in [0.1, 0.15) is 0 Å². The monoisotopic (exact) mass is 702 g/mol. The van der Waals surface area contributed by atoms with Gasteiger partial charge in [-0.15, -0.1) is 0 Å². The van der Waals surface area contributed by atoms with Gasteiger partial charge in [-0.05, 0) is 104 Å². The minimum atomic E-state index is -2.71. The largest absolute Gasteiger partial charge is 0.463 e. The van der Waals surface area contributed by atoms with Crippen molar-refractivity contribution in [3.8, 4) is 0 Å². The van der Waals surface area contributed by atoms with Crippen LogP contribution in [0.2, 0.25) is 97.7 Å². The predicted molar refractivity (Wildman–Crippen MR) is 185 cm³/mol. The van der Waals surface area contributed by atoms with Crippen molar-refractivity contribution in [2.75, 3.05) is 6.61 Å². The van der Waals surface area contributed by atoms with Crippen molar-refractivity contribution in [2.24, 2.45) is 0 Å². The zero-order valence-electron chi connectivity index (χ0n) is 28.7. The van der Waals surface area contributed by atoms with E-state index in [4.69, 9.17) is 29.4 Å². The Morgan fingerprint density at radius 2 is 0.902 bits per heavy atom. The van der Waals surface area contributed by atoms with Crippen LogP contribution in [0.3, 0.4) is 0 Å². The molecule has 41 heavy (non-hydrogen) atoms. The first-order valence-electron chi connectivity index (χ1n) is 14.9. The Kier molecular flexibility index (Phi) is 16.9. The van der Waals surface area contributed by atoms with Crippen LogP contribution in [-0.4, -0.2) is 77.1 Å². The summed E-state index contributed by atoms with van der Waals surface area (Å²) in [5, 5.41) is 0. The molecule has 0 spiro atoms. The molecule has 0 atom stereocenters. The summed E-state index contributed by atoms with van der Waals surface area (Å²) in [5.74, 6) is -0.346. The third-order valence-corrected chi connectivity index (χ3v) is 31.0. The average molecular weight is 703 g/mol. The third-order valence-electron chi connectivity index (χ3n) is 5.57. The van der Waals surface area contributed by atoms with Gasteiger partial charge in [0.15, 0.2) is 8.32 Å². The molecule has 0 aromatic heterocycles. The normalized spacial score (nSPS) is 14.3. The quantitative estimate of drug-likeness (QED) is 0.0530. The first kappa shape index (κ1) is 41.4. The lowest BCUT2D eigenvalue weighted by atomic mass is 10.1. The van der Waals surface area contributed by atoms with Gasteiger partial charge in [-0.3, -0.25) is 0 Å². The molecule has 0 saturated carbocycles. The van der Waals surface area contributed by atoms with Crippen molar-refractivity contribution in [3.63, 3.8) is 0 Å². The summed E-state index contributed by atoms with van der Waals surface area (Å²) in [5.41, 5.74) is 0. The number of unbranched alkanes of at least 4 members (excludes halogenated alkanes) is 5. The number of carbonyl (C=O) groups excluding carboxylic acids is 1. The van der Waals surface area contributed by atoms with Gasteiger partial charge in [-0.1, -0.05) is 38.7 Å². The fourth-order valence-electron chi connectivity index (χ4n) is 5.38. The van der Waals surface area contributed by atoms with Crippen molar-refractivity contribution in [2.45, 2.75) is 136 Å². The van der Waals surface area contributed by atoms with Gasteiger partial charge >= 0.3 is 57.3 Å². The Morgan fingerprint density at radius 3 is 1.29 bits per heavy atom. The maximum atomic E-state index is 11.1. The summed E-state index contributed by atoms with van der Waals surface area (Å²) < 4.78 is 44.1. The highest BCUT2D eigenvalue weighted by Gasteiger charge is 2.48. The van der Waals surface area contributed by atoms with Gasteiger partial charge in [-0.25, -0.2) is 4.79 Å². The van der Waals surface area contributed by atoms with E-state index in [-0.39, 0.29) is 5.97 Å². The van der Waals surface area contributed by atoms with E-state index in [1.165, 1.54) is 18.9 Å². The zero-order valence-corrected chi connectivity index (χ0v) is 35.7. The molecule has 1 N–H and O–H groups in total. The van der Waals surface area contributed by atoms with Crippen molar-refractivity contribution < 1.29 is 39.0 Å². The lowest BCUT2D eigenvalue weighted by Crippen LogP contribution is -2.61. The van der Waals surface area contributed by atoms with Crippen LogP contribution in [0.25, 0.3) is 0 Å². The number of rotatable bonds is 22. The molecule has 0 heterocycles. The van der Waals surface area contributed by atoms with Crippen LogP contribution in [0.15, 0.2) is 12.7 Å². The van der Waals surface area contributed by atoms with E-state index in [9.17, 15) is 9.59 Å². The fraction of sp³-hybridized carbons (Fsp3) is 0.880. The number of ether oxygens (including phenoxy) is 1. The van der Waals surface area contributed by atoms with Crippen LogP contribution in [0.5, 0.6) is 0 Å². The summed E-state index contributed by atoms with van der Waals surface area (Å²) in [6.45, 7) is 32.4. The van der Waals surface area contributed by atoms with Gasteiger partial charge in [0.05, 0.1) is 6.61 Å². The second-order valence-electron chi connectivity index (χ2n) is 14.1. The van der Waals surface area contributed by atoms with Gasteiger partial charge in [0.25, 0.3) is 0 Å². The minimum Gasteiger partial charge on any atom is -0.463 e. The van der Waals surface area contributed by atoms with Gasteiger partial charge < -0.3 is 34.2 Å². The molecule has 0 saturated heterocycles. The molecule has 0 radical (unpaired) electrons. The average Bonchev–Trinajstić information content (AvgIpc) is 2.65. The number of hydrogen-bond donors (Lipinski definition) is 1. The Hall–Kier alpha value is 0.448. The molecular weight excluding hydrogens is 641 g/mol. The summed E-state index contributed by atoms with van der Waals surface area (Å²) in [6, 6.07) is 1.10. The Balaban J connectivity index is 4.78. The molecule has 0 unspecified atom stereocenters. The highest BCUT2D eigenvalue weighted by Crippen LogP contribution is 2.29. The standard InChI is InChI=1S/C25H62O9Si7/c1-16-25(26)28-23-21-19-17-18-20-22-24-35(2,3)29-37(6,7)31-39(10,11)33-41(14,15)34-40(12,13)32-38(8,9)30-36(4,5)27/h16,27H,1,17-24H2,2-15H3. The Labute approximate surface area is 259 Å². The maximum Gasteiger partial charge on any atom is 0.330 e. The number of hydrogen-bond acceptors (Lipinski definition) is 9. The molecule has 0 amide bonds. The highest BCUT2D eigenvalue weighted by molar-refractivity contribution is 6.91. The Morgan fingerprint density at radius 1 is 0.561 bits per heavy atom. The predicted octanol–water partition coefficient (Wildman–Crippen LogP) is 7.56. The molecule has 9 nitrogen and oxygen atoms in total. The second kappa shape index (κ2) is 16.7. The maximum absolute atomic E-state index is 11.1. The van der Waals surface area contributed by atoms with E-state index in [0.29, 0.717) is 6.61 Å². The van der Waals surface area contributed by atoms with Crippen LogP contribution in [0, 0.1) is 0 Å². The van der Waals surface area contributed by atoms with E-state index in [0.717, 1.165) is 31.7 Å². The summed E-state index contributed by atoms with van der Waals surface area (Å²) in [4.78, 5) is 21.3. The van der Waals surface area contributed by atoms with E-state index in [2.05, 4.69) is 45.9 Å². The minimum absolute atomic E-state index is 0.346. The SMILES string of the molecule is C=CC(=O)OCCCCCCCC[Si](C)(C)O[Si](C)(C)O[Si](C)(C)O[Si](C)(C)O[Si](C)(C)O[Si](C)(C)O[Si](C)(C)O. The van der Waals surface area contributed by atoms with Crippen LogP contribution in [0.4, 0.5) is 0 Å².